The second-order valence-corrected chi connectivity index (χ2v) is 11.9. The molecular formula is C27H27N3O4S2. The Morgan fingerprint density at radius 2 is 1.58 bits per heavy atom. The predicted octanol–water partition coefficient (Wildman–Crippen LogP) is 4.50. The molecule has 0 saturated carbocycles. The summed E-state index contributed by atoms with van der Waals surface area (Å²) in [4.78, 5) is 27.4. The van der Waals surface area contributed by atoms with Gasteiger partial charge in [0.15, 0.2) is 0 Å². The van der Waals surface area contributed by atoms with Crippen LogP contribution in [-0.4, -0.2) is 48.3 Å². The standard InChI is InChI=1S/C27H27N3O4S2/c31-25-19-35-27(30(25)18-20-6-2-1-3-7-20)22-10-8-21(9-11-22)26(32)28-23-12-14-24(15-13-23)36(33,34)29-16-4-5-17-29/h1-3,6-15,27H,4-5,16-19H2,(H,28,32). The molecule has 186 valence electrons. The van der Waals surface area contributed by atoms with E-state index in [9.17, 15) is 18.0 Å². The van der Waals surface area contributed by atoms with E-state index in [0.29, 0.717) is 36.6 Å². The molecule has 9 heteroatoms. The number of nitrogens with zero attached hydrogens (tertiary/aromatic N) is 2. The Hall–Kier alpha value is -3.14. The fourth-order valence-corrected chi connectivity index (χ4v) is 7.18. The average Bonchev–Trinajstić information content (AvgIpc) is 3.57. The molecule has 2 fully saturated rings. The van der Waals surface area contributed by atoms with Gasteiger partial charge in [-0.25, -0.2) is 8.42 Å². The third kappa shape index (κ3) is 5.18. The predicted molar refractivity (Wildman–Crippen MR) is 141 cm³/mol. The molecule has 2 saturated heterocycles. The van der Waals surface area contributed by atoms with Crippen molar-refractivity contribution in [3.63, 3.8) is 0 Å². The molecule has 3 aromatic rings. The number of carbonyl (C=O) groups is 2. The number of carbonyl (C=O) groups excluding carboxylic acids is 2. The fourth-order valence-electron chi connectivity index (χ4n) is 4.47. The van der Waals surface area contributed by atoms with Crippen molar-refractivity contribution < 1.29 is 18.0 Å². The molecule has 36 heavy (non-hydrogen) atoms. The Morgan fingerprint density at radius 3 is 2.25 bits per heavy atom. The summed E-state index contributed by atoms with van der Waals surface area (Å²) >= 11 is 1.58. The van der Waals surface area contributed by atoms with Gasteiger partial charge >= 0.3 is 0 Å². The number of hydrogen-bond acceptors (Lipinski definition) is 5. The van der Waals surface area contributed by atoms with E-state index < -0.39 is 10.0 Å². The zero-order valence-electron chi connectivity index (χ0n) is 19.7. The molecule has 0 spiro atoms. The minimum absolute atomic E-state index is 0.0973. The van der Waals surface area contributed by atoms with Crippen LogP contribution in [-0.2, 0) is 21.4 Å². The number of anilines is 1. The Balaban J connectivity index is 1.24. The maximum absolute atomic E-state index is 12.8. The third-order valence-electron chi connectivity index (χ3n) is 6.44. The Labute approximate surface area is 215 Å². The van der Waals surface area contributed by atoms with Gasteiger partial charge < -0.3 is 10.2 Å². The van der Waals surface area contributed by atoms with Gasteiger partial charge in [0.2, 0.25) is 15.9 Å². The zero-order chi connectivity index (χ0) is 25.1. The molecule has 5 rings (SSSR count). The van der Waals surface area contributed by atoms with Gasteiger partial charge in [0.25, 0.3) is 5.91 Å². The Kier molecular flexibility index (Phi) is 7.13. The number of nitrogens with one attached hydrogen (secondary N) is 1. The minimum Gasteiger partial charge on any atom is -0.322 e. The van der Waals surface area contributed by atoms with Crippen LogP contribution in [0.2, 0.25) is 0 Å². The average molecular weight is 522 g/mol. The van der Waals surface area contributed by atoms with E-state index in [2.05, 4.69) is 5.32 Å². The SMILES string of the molecule is O=C(Nc1ccc(S(=O)(=O)N2CCCC2)cc1)c1ccc(C2SCC(=O)N2Cc2ccccc2)cc1. The van der Waals surface area contributed by atoms with Crippen LogP contribution in [0.1, 0.15) is 39.7 Å². The van der Waals surface area contributed by atoms with Crippen LogP contribution >= 0.6 is 11.8 Å². The molecule has 1 atom stereocenters. The summed E-state index contributed by atoms with van der Waals surface area (Å²) < 4.78 is 26.9. The zero-order valence-corrected chi connectivity index (χ0v) is 21.3. The smallest absolute Gasteiger partial charge is 0.255 e. The molecule has 0 aliphatic carbocycles. The normalized spacial score (nSPS) is 18.5. The Bertz CT molecular complexity index is 1340. The molecule has 0 bridgehead atoms. The van der Waals surface area contributed by atoms with Gasteiger partial charge in [0, 0.05) is 30.9 Å². The summed E-state index contributed by atoms with van der Waals surface area (Å²) in [6, 6.07) is 23.4. The van der Waals surface area contributed by atoms with E-state index in [1.807, 2.05) is 47.4 Å². The van der Waals surface area contributed by atoms with Crippen LogP contribution in [0.25, 0.3) is 0 Å². The molecule has 0 radical (unpaired) electrons. The number of benzene rings is 3. The highest BCUT2D eigenvalue weighted by Gasteiger charge is 2.33. The highest BCUT2D eigenvalue weighted by molar-refractivity contribution is 8.00. The lowest BCUT2D eigenvalue weighted by atomic mass is 10.1. The van der Waals surface area contributed by atoms with Gasteiger partial charge in [-0.1, -0.05) is 42.5 Å². The first-order chi connectivity index (χ1) is 17.4. The van der Waals surface area contributed by atoms with Crippen molar-refractivity contribution in [3.05, 3.63) is 95.6 Å². The molecule has 2 amide bonds. The lowest BCUT2D eigenvalue weighted by Gasteiger charge is -2.24. The third-order valence-corrected chi connectivity index (χ3v) is 9.61. The van der Waals surface area contributed by atoms with E-state index in [-0.39, 0.29) is 22.1 Å². The number of hydrogen-bond donors (Lipinski definition) is 1. The van der Waals surface area contributed by atoms with Crippen molar-refractivity contribution in [2.24, 2.45) is 0 Å². The summed E-state index contributed by atoms with van der Waals surface area (Å²) in [7, 11) is -3.49. The van der Waals surface area contributed by atoms with Crippen molar-refractivity contribution in [3.8, 4) is 0 Å². The van der Waals surface area contributed by atoms with Gasteiger partial charge in [0.1, 0.15) is 5.37 Å². The quantitative estimate of drug-likeness (QED) is 0.495. The molecule has 7 nitrogen and oxygen atoms in total. The van der Waals surface area contributed by atoms with Gasteiger partial charge in [-0.3, -0.25) is 9.59 Å². The molecule has 0 aromatic heterocycles. The second kappa shape index (κ2) is 10.5. The summed E-state index contributed by atoms with van der Waals surface area (Å²) in [5.74, 6) is 0.252. The molecule has 2 heterocycles. The van der Waals surface area contributed by atoms with E-state index in [1.54, 1.807) is 36.0 Å². The van der Waals surface area contributed by atoms with Crippen LogP contribution in [0.5, 0.6) is 0 Å². The lowest BCUT2D eigenvalue weighted by molar-refractivity contribution is -0.128. The van der Waals surface area contributed by atoms with Crippen molar-refractivity contribution in [1.29, 1.82) is 0 Å². The minimum atomic E-state index is -3.49. The number of sulfonamides is 1. The monoisotopic (exact) mass is 521 g/mol. The van der Waals surface area contributed by atoms with Gasteiger partial charge in [-0.2, -0.15) is 4.31 Å². The first-order valence-corrected chi connectivity index (χ1v) is 14.4. The van der Waals surface area contributed by atoms with Crippen LogP contribution in [0.15, 0.2) is 83.8 Å². The van der Waals surface area contributed by atoms with Crippen LogP contribution in [0.3, 0.4) is 0 Å². The summed E-state index contributed by atoms with van der Waals surface area (Å²) in [6.45, 7) is 1.64. The molecule has 1 N–H and O–H groups in total. The van der Waals surface area contributed by atoms with Gasteiger partial charge in [0.05, 0.1) is 10.6 Å². The van der Waals surface area contributed by atoms with E-state index in [1.165, 1.54) is 16.4 Å². The number of thioether (sulfide) groups is 1. The first kappa shape index (κ1) is 24.5. The van der Waals surface area contributed by atoms with E-state index in [0.717, 1.165) is 24.0 Å². The van der Waals surface area contributed by atoms with Gasteiger partial charge in [-0.05, 0) is 60.4 Å². The second-order valence-electron chi connectivity index (χ2n) is 8.88. The van der Waals surface area contributed by atoms with Crippen molar-refractivity contribution in [2.45, 2.75) is 29.7 Å². The van der Waals surface area contributed by atoms with E-state index >= 15 is 0 Å². The first-order valence-electron chi connectivity index (χ1n) is 11.9. The van der Waals surface area contributed by atoms with Crippen molar-refractivity contribution in [1.82, 2.24) is 9.21 Å². The molecule has 3 aromatic carbocycles. The highest BCUT2D eigenvalue weighted by Crippen LogP contribution is 2.39. The maximum atomic E-state index is 12.8. The largest absolute Gasteiger partial charge is 0.322 e. The molecule has 2 aliphatic rings. The lowest BCUT2D eigenvalue weighted by Crippen LogP contribution is -2.27. The number of rotatable bonds is 7. The molecule has 2 aliphatic heterocycles. The molecular weight excluding hydrogens is 494 g/mol. The van der Waals surface area contributed by atoms with Crippen molar-refractivity contribution >= 4 is 39.3 Å². The number of amides is 2. The van der Waals surface area contributed by atoms with Crippen LogP contribution < -0.4 is 5.32 Å². The maximum Gasteiger partial charge on any atom is 0.255 e. The Morgan fingerprint density at radius 1 is 0.917 bits per heavy atom. The van der Waals surface area contributed by atoms with E-state index in [4.69, 9.17) is 0 Å². The summed E-state index contributed by atoms with van der Waals surface area (Å²) in [5, 5.41) is 2.73. The van der Waals surface area contributed by atoms with Crippen LogP contribution in [0.4, 0.5) is 5.69 Å². The summed E-state index contributed by atoms with van der Waals surface area (Å²) in [6.07, 6.45) is 1.76. The summed E-state index contributed by atoms with van der Waals surface area (Å²) in [5.41, 5.74) is 3.05. The molecule has 1 unspecified atom stereocenters. The fraction of sp³-hybridized carbons (Fsp3) is 0.259. The van der Waals surface area contributed by atoms with Crippen molar-refractivity contribution in [2.75, 3.05) is 24.2 Å². The topological polar surface area (TPSA) is 86.8 Å². The van der Waals surface area contributed by atoms with Crippen LogP contribution in [0, 0.1) is 0 Å². The van der Waals surface area contributed by atoms with Gasteiger partial charge in [-0.15, -0.1) is 11.8 Å². The highest BCUT2D eigenvalue weighted by atomic mass is 32.2.